The van der Waals surface area contributed by atoms with Crippen molar-refractivity contribution >= 4 is 29.1 Å². The van der Waals surface area contributed by atoms with Gasteiger partial charge in [0.1, 0.15) is 5.75 Å². The molecule has 122 valence electrons. The summed E-state index contributed by atoms with van der Waals surface area (Å²) in [6, 6.07) is 4.68. The molecule has 0 aliphatic heterocycles. The molecule has 0 bridgehead atoms. The monoisotopic (exact) mass is 328 g/mol. The fourth-order valence-electron chi connectivity index (χ4n) is 1.93. The molecular formula is C15H23ClN3O3+. The Morgan fingerprint density at radius 1 is 1.41 bits per heavy atom. The van der Waals surface area contributed by atoms with Crippen molar-refractivity contribution in [3.05, 3.63) is 23.2 Å². The van der Waals surface area contributed by atoms with Crippen molar-refractivity contribution in [3.8, 4) is 5.75 Å². The van der Waals surface area contributed by atoms with Crippen molar-refractivity contribution in [1.29, 1.82) is 0 Å². The van der Waals surface area contributed by atoms with Gasteiger partial charge in [-0.3, -0.25) is 9.59 Å². The maximum Gasteiger partial charge on any atom is 0.279 e. The molecule has 7 heteroatoms. The van der Waals surface area contributed by atoms with Crippen molar-refractivity contribution < 1.29 is 19.2 Å². The van der Waals surface area contributed by atoms with Crippen molar-refractivity contribution in [2.45, 2.75) is 19.9 Å². The number of amides is 2. The molecule has 2 amide bonds. The van der Waals surface area contributed by atoms with Gasteiger partial charge >= 0.3 is 0 Å². The first-order valence-electron chi connectivity index (χ1n) is 7.12. The van der Waals surface area contributed by atoms with Crippen LogP contribution >= 0.6 is 11.6 Å². The van der Waals surface area contributed by atoms with Crippen LogP contribution in [0.2, 0.25) is 5.02 Å². The Morgan fingerprint density at radius 3 is 2.68 bits per heavy atom. The highest BCUT2D eigenvalue weighted by atomic mass is 35.5. The number of nitrogens with one attached hydrogen (secondary N) is 3. The summed E-state index contributed by atoms with van der Waals surface area (Å²) in [6.45, 7) is 4.38. The van der Waals surface area contributed by atoms with Gasteiger partial charge in [-0.1, -0.05) is 11.6 Å². The molecule has 0 fully saturated rings. The van der Waals surface area contributed by atoms with E-state index in [4.69, 9.17) is 16.3 Å². The number of benzene rings is 1. The van der Waals surface area contributed by atoms with Gasteiger partial charge in [-0.05, 0) is 32.0 Å². The minimum Gasteiger partial charge on any atom is -0.495 e. The van der Waals surface area contributed by atoms with Crippen molar-refractivity contribution in [2.75, 3.05) is 32.6 Å². The number of rotatable bonds is 7. The molecule has 6 nitrogen and oxygen atoms in total. The Hall–Kier alpha value is -1.79. The Labute approximate surface area is 135 Å². The van der Waals surface area contributed by atoms with E-state index in [-0.39, 0.29) is 24.4 Å². The number of quaternary nitrogens is 1. The standard InChI is InChI=1S/C15H22ClN3O3/c1-5-17-15(21)10(2)19(3)9-14(20)18-12-8-11(16)6-7-13(12)22-4/h6-8,10H,5,9H2,1-4H3,(H,17,21)(H,18,20)/p+1/t10-/m0/s1. The molecule has 1 aromatic carbocycles. The predicted molar refractivity (Wildman–Crippen MR) is 86.5 cm³/mol. The molecule has 0 saturated carbocycles. The van der Waals surface area contributed by atoms with Gasteiger partial charge in [-0.15, -0.1) is 0 Å². The third kappa shape index (κ3) is 5.20. The van der Waals surface area contributed by atoms with Crippen LogP contribution in [0.1, 0.15) is 13.8 Å². The molecular weight excluding hydrogens is 306 g/mol. The number of halogens is 1. The smallest absolute Gasteiger partial charge is 0.279 e. The lowest BCUT2D eigenvalue weighted by molar-refractivity contribution is -0.885. The maximum absolute atomic E-state index is 12.1. The Bertz CT molecular complexity index is 537. The van der Waals surface area contributed by atoms with Crippen LogP contribution in [-0.2, 0) is 9.59 Å². The van der Waals surface area contributed by atoms with E-state index in [9.17, 15) is 9.59 Å². The van der Waals surface area contributed by atoms with Gasteiger partial charge in [0.25, 0.3) is 11.8 Å². The lowest BCUT2D eigenvalue weighted by atomic mass is 10.2. The molecule has 22 heavy (non-hydrogen) atoms. The maximum atomic E-state index is 12.1. The molecule has 2 atom stereocenters. The number of hydrogen-bond donors (Lipinski definition) is 3. The highest BCUT2D eigenvalue weighted by molar-refractivity contribution is 6.31. The summed E-state index contributed by atoms with van der Waals surface area (Å²) < 4.78 is 5.18. The van der Waals surface area contributed by atoms with E-state index in [2.05, 4.69) is 10.6 Å². The highest BCUT2D eigenvalue weighted by Crippen LogP contribution is 2.27. The number of ether oxygens (including phenoxy) is 1. The Morgan fingerprint density at radius 2 is 2.09 bits per heavy atom. The van der Waals surface area contributed by atoms with Gasteiger partial charge in [0.05, 0.1) is 19.8 Å². The van der Waals surface area contributed by atoms with Gasteiger partial charge in [0.2, 0.25) is 0 Å². The Balaban J connectivity index is 2.66. The summed E-state index contributed by atoms with van der Waals surface area (Å²) in [7, 11) is 3.32. The quantitative estimate of drug-likeness (QED) is 0.675. The van der Waals surface area contributed by atoms with Gasteiger partial charge in [-0.2, -0.15) is 0 Å². The minimum atomic E-state index is -0.313. The molecule has 0 radical (unpaired) electrons. The molecule has 3 N–H and O–H groups in total. The molecule has 1 aromatic rings. The SMILES string of the molecule is CCNC(=O)[C@H](C)[NH+](C)CC(=O)Nc1cc(Cl)ccc1OC. The van der Waals surface area contributed by atoms with Crippen LogP contribution in [0.25, 0.3) is 0 Å². The molecule has 0 aliphatic carbocycles. The third-order valence-electron chi connectivity index (χ3n) is 3.36. The molecule has 0 spiro atoms. The fraction of sp³-hybridized carbons (Fsp3) is 0.467. The second-order valence-corrected chi connectivity index (χ2v) is 5.47. The lowest BCUT2D eigenvalue weighted by Gasteiger charge is -2.20. The predicted octanol–water partition coefficient (Wildman–Crippen LogP) is 0.326. The van der Waals surface area contributed by atoms with Crippen molar-refractivity contribution in [2.24, 2.45) is 0 Å². The van der Waals surface area contributed by atoms with Crippen LogP contribution in [0.3, 0.4) is 0 Å². The number of hydrogen-bond acceptors (Lipinski definition) is 3. The largest absolute Gasteiger partial charge is 0.495 e. The number of carbonyl (C=O) groups excluding carboxylic acids is 2. The zero-order valence-corrected chi connectivity index (χ0v) is 14.1. The lowest BCUT2D eigenvalue weighted by Crippen LogP contribution is -3.15. The second-order valence-electron chi connectivity index (χ2n) is 5.03. The molecule has 0 aliphatic rings. The third-order valence-corrected chi connectivity index (χ3v) is 3.59. The van der Waals surface area contributed by atoms with E-state index < -0.39 is 0 Å². The minimum absolute atomic E-state index is 0.0758. The van der Waals surface area contributed by atoms with Crippen LogP contribution in [0.5, 0.6) is 5.75 Å². The van der Waals surface area contributed by atoms with E-state index in [1.54, 1.807) is 32.2 Å². The van der Waals surface area contributed by atoms with Crippen LogP contribution in [0.4, 0.5) is 5.69 Å². The van der Waals surface area contributed by atoms with E-state index in [0.29, 0.717) is 23.0 Å². The summed E-state index contributed by atoms with van der Waals surface area (Å²) >= 11 is 5.92. The van der Waals surface area contributed by atoms with E-state index in [0.717, 1.165) is 4.90 Å². The van der Waals surface area contributed by atoms with Crippen LogP contribution in [0, 0.1) is 0 Å². The number of carbonyl (C=O) groups is 2. The summed E-state index contributed by atoms with van der Waals surface area (Å²) in [6.07, 6.45) is 0. The number of methoxy groups -OCH3 is 1. The first kappa shape index (κ1) is 18.3. The topological polar surface area (TPSA) is 71.9 Å². The summed E-state index contributed by atoms with van der Waals surface area (Å²) in [4.78, 5) is 24.7. The molecule has 0 saturated heterocycles. The van der Waals surface area contributed by atoms with E-state index in [1.807, 2.05) is 6.92 Å². The van der Waals surface area contributed by atoms with E-state index >= 15 is 0 Å². The number of anilines is 1. The van der Waals surface area contributed by atoms with Gasteiger partial charge < -0.3 is 20.3 Å². The summed E-state index contributed by atoms with van der Waals surface area (Å²) in [5, 5.41) is 6.01. The summed E-state index contributed by atoms with van der Waals surface area (Å²) in [5.74, 6) is 0.245. The second kappa shape index (κ2) is 8.60. The van der Waals surface area contributed by atoms with Crippen molar-refractivity contribution in [3.63, 3.8) is 0 Å². The first-order valence-corrected chi connectivity index (χ1v) is 7.50. The van der Waals surface area contributed by atoms with Gasteiger partial charge in [-0.25, -0.2) is 0 Å². The highest BCUT2D eigenvalue weighted by Gasteiger charge is 2.23. The zero-order valence-electron chi connectivity index (χ0n) is 13.3. The van der Waals surface area contributed by atoms with Gasteiger partial charge in [0, 0.05) is 11.6 Å². The molecule has 0 aromatic heterocycles. The molecule has 0 heterocycles. The molecule has 1 unspecified atom stereocenters. The average molecular weight is 329 g/mol. The van der Waals surface area contributed by atoms with Crippen LogP contribution in [-0.4, -0.2) is 45.1 Å². The molecule has 1 rings (SSSR count). The van der Waals surface area contributed by atoms with Crippen molar-refractivity contribution in [1.82, 2.24) is 5.32 Å². The van der Waals surface area contributed by atoms with E-state index in [1.165, 1.54) is 7.11 Å². The Kier molecular flexibility index (Phi) is 7.14. The van der Waals surface area contributed by atoms with Crippen LogP contribution < -0.4 is 20.3 Å². The zero-order chi connectivity index (χ0) is 16.7. The first-order chi connectivity index (χ1) is 10.4. The normalized spacial score (nSPS) is 13.1. The van der Waals surface area contributed by atoms with Crippen LogP contribution in [0.15, 0.2) is 18.2 Å². The number of likely N-dealkylation sites (N-methyl/N-ethyl adjacent to an activating group) is 2. The summed E-state index contributed by atoms with van der Waals surface area (Å²) in [5.41, 5.74) is 0.512. The fourth-order valence-corrected chi connectivity index (χ4v) is 2.10. The average Bonchev–Trinajstić information content (AvgIpc) is 2.46. The van der Waals surface area contributed by atoms with Gasteiger partial charge in [0.15, 0.2) is 12.6 Å².